The molecule has 17 heavy (non-hydrogen) atoms. The van der Waals surface area contributed by atoms with E-state index in [4.69, 9.17) is 10.5 Å². The van der Waals surface area contributed by atoms with Crippen molar-refractivity contribution in [2.24, 2.45) is 5.73 Å². The second-order valence-corrected chi connectivity index (χ2v) is 5.61. The van der Waals surface area contributed by atoms with Crippen molar-refractivity contribution < 1.29 is 4.74 Å². The summed E-state index contributed by atoms with van der Waals surface area (Å²) in [4.78, 5) is 4.83. The van der Waals surface area contributed by atoms with Crippen LogP contribution in [0.15, 0.2) is 0 Å². The number of likely N-dealkylation sites (N-methyl/N-ethyl adjacent to an activating group) is 2. The van der Waals surface area contributed by atoms with Crippen LogP contribution >= 0.6 is 0 Å². The molecule has 0 aromatic carbocycles. The number of methoxy groups -OCH3 is 1. The Morgan fingerprint density at radius 1 is 1.59 bits per heavy atom. The first-order chi connectivity index (χ1) is 7.95. The van der Waals surface area contributed by atoms with Gasteiger partial charge in [0.15, 0.2) is 0 Å². The van der Waals surface area contributed by atoms with Gasteiger partial charge in [0.2, 0.25) is 0 Å². The molecule has 0 aliphatic carbocycles. The second kappa shape index (κ2) is 6.14. The molecule has 1 rings (SSSR count). The zero-order chi connectivity index (χ0) is 13.1. The fourth-order valence-electron chi connectivity index (χ4n) is 2.72. The Balaban J connectivity index is 2.74. The molecule has 1 fully saturated rings. The number of ether oxygens (including phenoxy) is 1. The largest absolute Gasteiger partial charge is 0.380 e. The number of hydrogen-bond acceptors (Lipinski definition) is 4. The molecular weight excluding hydrogens is 214 g/mol. The Hall–Kier alpha value is -0.160. The maximum atomic E-state index is 5.99. The van der Waals surface area contributed by atoms with Crippen molar-refractivity contribution in [2.75, 3.05) is 40.8 Å². The highest BCUT2D eigenvalue weighted by molar-refractivity contribution is 4.95. The number of rotatable bonds is 5. The van der Waals surface area contributed by atoms with Crippen LogP contribution < -0.4 is 5.73 Å². The third-order valence-corrected chi connectivity index (χ3v) is 4.60. The zero-order valence-corrected chi connectivity index (χ0v) is 12.1. The van der Waals surface area contributed by atoms with Gasteiger partial charge in [-0.15, -0.1) is 0 Å². The van der Waals surface area contributed by atoms with Crippen molar-refractivity contribution in [1.29, 1.82) is 0 Å². The molecule has 0 aromatic heterocycles. The van der Waals surface area contributed by atoms with Crippen LogP contribution in [0.1, 0.15) is 26.7 Å². The molecule has 0 aromatic rings. The Labute approximate surface area is 106 Å². The number of nitrogens with two attached hydrogens (primary N) is 1. The van der Waals surface area contributed by atoms with E-state index in [0.29, 0.717) is 12.6 Å². The predicted octanol–water partition coefficient (Wildman–Crippen LogP) is 0.765. The van der Waals surface area contributed by atoms with Gasteiger partial charge in [0.05, 0.1) is 11.6 Å². The normalized spacial score (nSPS) is 28.1. The summed E-state index contributed by atoms with van der Waals surface area (Å²) in [6.45, 7) is 7.27. The van der Waals surface area contributed by atoms with Gasteiger partial charge in [-0.2, -0.15) is 0 Å². The number of hydrogen-bond donors (Lipinski definition) is 1. The topological polar surface area (TPSA) is 41.7 Å². The molecular formula is C13H29N3O. The standard InChI is InChI=1S/C13H29N3O/c1-11(17-5)13(2,10-14)16(4)12-7-6-8-15(3)9-12/h11-12H,6-10,14H2,1-5H3. The minimum atomic E-state index is -0.0857. The van der Waals surface area contributed by atoms with Crippen LogP contribution in [0.5, 0.6) is 0 Å². The quantitative estimate of drug-likeness (QED) is 0.774. The first kappa shape index (κ1) is 14.9. The maximum absolute atomic E-state index is 5.99. The predicted molar refractivity (Wildman–Crippen MR) is 72.2 cm³/mol. The van der Waals surface area contributed by atoms with E-state index >= 15 is 0 Å². The summed E-state index contributed by atoms with van der Waals surface area (Å²) >= 11 is 0. The molecule has 0 radical (unpaired) electrons. The summed E-state index contributed by atoms with van der Waals surface area (Å²) in [5.41, 5.74) is 5.90. The van der Waals surface area contributed by atoms with E-state index in [1.165, 1.54) is 19.4 Å². The molecule has 102 valence electrons. The molecule has 0 saturated carbocycles. The first-order valence-corrected chi connectivity index (χ1v) is 6.60. The molecule has 3 atom stereocenters. The van der Waals surface area contributed by atoms with Crippen molar-refractivity contribution in [3.8, 4) is 0 Å². The minimum absolute atomic E-state index is 0.0857. The average Bonchev–Trinajstić information content (AvgIpc) is 2.35. The fourth-order valence-corrected chi connectivity index (χ4v) is 2.72. The molecule has 3 unspecified atom stereocenters. The lowest BCUT2D eigenvalue weighted by atomic mass is 9.90. The van der Waals surface area contributed by atoms with Crippen LogP contribution in [0.4, 0.5) is 0 Å². The number of likely N-dealkylation sites (tertiary alicyclic amines) is 1. The zero-order valence-electron chi connectivity index (χ0n) is 12.1. The SMILES string of the molecule is COC(C)C(C)(CN)N(C)C1CCCN(C)C1. The molecule has 4 nitrogen and oxygen atoms in total. The van der Waals surface area contributed by atoms with Crippen molar-refractivity contribution in [1.82, 2.24) is 9.80 Å². The van der Waals surface area contributed by atoms with Gasteiger partial charge < -0.3 is 15.4 Å². The van der Waals surface area contributed by atoms with E-state index in [1.54, 1.807) is 7.11 Å². The number of piperidine rings is 1. The monoisotopic (exact) mass is 243 g/mol. The van der Waals surface area contributed by atoms with Gasteiger partial charge >= 0.3 is 0 Å². The molecule has 1 saturated heterocycles. The second-order valence-electron chi connectivity index (χ2n) is 5.61. The van der Waals surface area contributed by atoms with E-state index in [9.17, 15) is 0 Å². The average molecular weight is 243 g/mol. The van der Waals surface area contributed by atoms with E-state index in [2.05, 4.69) is 37.7 Å². The van der Waals surface area contributed by atoms with Crippen LogP contribution in [0.2, 0.25) is 0 Å². The van der Waals surface area contributed by atoms with Gasteiger partial charge in [-0.3, -0.25) is 4.90 Å². The van der Waals surface area contributed by atoms with Crippen LogP contribution in [-0.4, -0.2) is 68.3 Å². The highest BCUT2D eigenvalue weighted by Gasteiger charge is 2.38. The summed E-state index contributed by atoms with van der Waals surface area (Å²) in [5, 5.41) is 0. The van der Waals surface area contributed by atoms with E-state index in [-0.39, 0.29) is 11.6 Å². The highest BCUT2D eigenvalue weighted by atomic mass is 16.5. The molecule has 2 N–H and O–H groups in total. The molecule has 1 aliphatic heterocycles. The van der Waals surface area contributed by atoms with Gasteiger partial charge in [0.1, 0.15) is 0 Å². The van der Waals surface area contributed by atoms with Gasteiger partial charge in [0.25, 0.3) is 0 Å². The van der Waals surface area contributed by atoms with Crippen molar-refractivity contribution in [3.05, 3.63) is 0 Å². The van der Waals surface area contributed by atoms with Gasteiger partial charge in [-0.1, -0.05) is 0 Å². The summed E-state index contributed by atoms with van der Waals surface area (Å²) in [5.74, 6) is 0. The lowest BCUT2D eigenvalue weighted by Crippen LogP contribution is -2.62. The fraction of sp³-hybridized carbons (Fsp3) is 1.00. The van der Waals surface area contributed by atoms with Crippen LogP contribution in [0, 0.1) is 0 Å². The first-order valence-electron chi connectivity index (χ1n) is 6.60. The van der Waals surface area contributed by atoms with Crippen LogP contribution in [0.3, 0.4) is 0 Å². The molecule has 0 bridgehead atoms. The Kier molecular flexibility index (Phi) is 5.38. The molecule has 0 amide bonds. The smallest absolute Gasteiger partial charge is 0.0736 e. The van der Waals surface area contributed by atoms with E-state index < -0.39 is 0 Å². The van der Waals surface area contributed by atoms with Crippen molar-refractivity contribution in [3.63, 3.8) is 0 Å². The van der Waals surface area contributed by atoms with Gasteiger partial charge in [-0.25, -0.2) is 0 Å². The Morgan fingerprint density at radius 3 is 2.71 bits per heavy atom. The highest BCUT2D eigenvalue weighted by Crippen LogP contribution is 2.25. The van der Waals surface area contributed by atoms with Crippen LogP contribution in [0.25, 0.3) is 0 Å². The molecule has 1 heterocycles. The maximum Gasteiger partial charge on any atom is 0.0736 e. The third kappa shape index (κ3) is 3.19. The molecule has 0 spiro atoms. The van der Waals surface area contributed by atoms with Gasteiger partial charge in [-0.05, 0) is 47.3 Å². The summed E-state index contributed by atoms with van der Waals surface area (Å²) in [7, 11) is 6.14. The summed E-state index contributed by atoms with van der Waals surface area (Å²) in [6, 6.07) is 0.583. The van der Waals surface area contributed by atoms with Crippen molar-refractivity contribution >= 4 is 0 Å². The Bertz CT molecular complexity index is 237. The lowest BCUT2D eigenvalue weighted by molar-refractivity contribution is -0.0486. The summed E-state index contributed by atoms with van der Waals surface area (Å²) in [6.07, 6.45) is 2.67. The van der Waals surface area contributed by atoms with E-state index in [1.807, 2.05) is 0 Å². The number of nitrogens with zero attached hydrogens (tertiary/aromatic N) is 2. The third-order valence-electron chi connectivity index (χ3n) is 4.60. The van der Waals surface area contributed by atoms with Crippen molar-refractivity contribution in [2.45, 2.75) is 44.4 Å². The summed E-state index contributed by atoms with van der Waals surface area (Å²) < 4.78 is 5.51. The molecule has 4 heteroatoms. The van der Waals surface area contributed by atoms with Crippen LogP contribution in [-0.2, 0) is 4.74 Å². The Morgan fingerprint density at radius 2 is 2.24 bits per heavy atom. The minimum Gasteiger partial charge on any atom is -0.380 e. The van der Waals surface area contributed by atoms with Gasteiger partial charge in [0, 0.05) is 26.2 Å². The lowest BCUT2D eigenvalue weighted by Gasteiger charge is -2.48. The molecule has 1 aliphatic rings. The van der Waals surface area contributed by atoms with E-state index in [0.717, 1.165) is 6.54 Å².